The van der Waals surface area contributed by atoms with Gasteiger partial charge in [0.2, 0.25) is 0 Å². The van der Waals surface area contributed by atoms with Crippen LogP contribution in [0.5, 0.6) is 5.75 Å². The number of nitrogens with two attached hydrogens (primary N) is 1. The van der Waals surface area contributed by atoms with Crippen LogP contribution in [0.3, 0.4) is 0 Å². The fourth-order valence-corrected chi connectivity index (χ4v) is 2.22. The highest BCUT2D eigenvalue weighted by atomic mass is 35.5. The monoisotopic (exact) mass is 254 g/mol. The number of nitrogens with zero attached hydrogens (tertiary/aromatic N) is 1. The summed E-state index contributed by atoms with van der Waals surface area (Å²) < 4.78 is 5.85. The average Bonchev–Trinajstić information content (AvgIpc) is 2.83. The summed E-state index contributed by atoms with van der Waals surface area (Å²) in [6, 6.07) is 5.13. The summed E-state index contributed by atoms with van der Waals surface area (Å²) in [6.45, 7) is 0. The van der Waals surface area contributed by atoms with E-state index in [1.165, 1.54) is 12.8 Å². The van der Waals surface area contributed by atoms with Crippen molar-refractivity contribution in [3.8, 4) is 5.75 Å². The van der Waals surface area contributed by atoms with Gasteiger partial charge in [0, 0.05) is 5.02 Å². The number of hydrogen-bond acceptors (Lipinski definition) is 3. The van der Waals surface area contributed by atoms with Crippen molar-refractivity contribution in [2.75, 3.05) is 0 Å². The normalized spacial score (nSPS) is 17.4. The summed E-state index contributed by atoms with van der Waals surface area (Å²) in [5.74, 6) is 0.636. The molecule has 1 aliphatic carbocycles. The fraction of sp³-hybridized carbons (Fsp3) is 0.417. The fourth-order valence-electron chi connectivity index (χ4n) is 2.04. The van der Waals surface area contributed by atoms with Crippen LogP contribution >= 0.6 is 11.6 Å². The first-order chi connectivity index (χ1) is 8.20. The van der Waals surface area contributed by atoms with Crippen molar-refractivity contribution >= 4 is 17.4 Å². The van der Waals surface area contributed by atoms with Gasteiger partial charge in [0.1, 0.15) is 5.75 Å². The van der Waals surface area contributed by atoms with E-state index in [2.05, 4.69) is 5.16 Å². The van der Waals surface area contributed by atoms with E-state index in [1.807, 2.05) is 0 Å². The van der Waals surface area contributed by atoms with Crippen LogP contribution in [0.4, 0.5) is 0 Å². The second kappa shape index (κ2) is 5.27. The van der Waals surface area contributed by atoms with E-state index in [1.54, 1.807) is 18.2 Å². The maximum atomic E-state index is 8.73. The van der Waals surface area contributed by atoms with Gasteiger partial charge in [-0.15, -0.1) is 0 Å². The minimum absolute atomic E-state index is 0.0143. The molecule has 5 heteroatoms. The first kappa shape index (κ1) is 12.0. The Balaban J connectivity index is 2.25. The van der Waals surface area contributed by atoms with Gasteiger partial charge in [0.05, 0.1) is 11.7 Å². The first-order valence-electron chi connectivity index (χ1n) is 5.65. The maximum absolute atomic E-state index is 8.73. The lowest BCUT2D eigenvalue weighted by molar-refractivity contribution is 0.209. The molecule has 17 heavy (non-hydrogen) atoms. The van der Waals surface area contributed by atoms with Gasteiger partial charge in [-0.2, -0.15) is 0 Å². The molecule has 0 heterocycles. The SMILES string of the molecule is NC(=NO)c1cc(Cl)ccc1OC1CCCC1. The zero-order valence-corrected chi connectivity index (χ0v) is 10.2. The van der Waals surface area contributed by atoms with Crippen molar-refractivity contribution in [1.82, 2.24) is 0 Å². The summed E-state index contributed by atoms with van der Waals surface area (Å²) >= 11 is 5.89. The summed E-state index contributed by atoms with van der Waals surface area (Å²) in [4.78, 5) is 0. The van der Waals surface area contributed by atoms with Crippen molar-refractivity contribution in [3.05, 3.63) is 28.8 Å². The molecule has 0 bridgehead atoms. The Morgan fingerprint density at radius 2 is 2.12 bits per heavy atom. The van der Waals surface area contributed by atoms with E-state index >= 15 is 0 Å². The van der Waals surface area contributed by atoms with E-state index in [0.29, 0.717) is 16.3 Å². The maximum Gasteiger partial charge on any atom is 0.173 e. The van der Waals surface area contributed by atoms with Gasteiger partial charge in [-0.1, -0.05) is 16.8 Å². The zero-order valence-electron chi connectivity index (χ0n) is 9.40. The molecule has 4 nitrogen and oxygen atoms in total. The second-order valence-electron chi connectivity index (χ2n) is 4.15. The number of halogens is 1. The highest BCUT2D eigenvalue weighted by Gasteiger charge is 2.19. The number of amidine groups is 1. The summed E-state index contributed by atoms with van der Waals surface area (Å²) in [5.41, 5.74) is 6.13. The Bertz CT molecular complexity index is 429. The van der Waals surface area contributed by atoms with Crippen LogP contribution in [0.1, 0.15) is 31.2 Å². The summed E-state index contributed by atoms with van der Waals surface area (Å²) in [5, 5.41) is 12.3. The van der Waals surface area contributed by atoms with Gasteiger partial charge in [-0.25, -0.2) is 0 Å². The highest BCUT2D eigenvalue weighted by molar-refractivity contribution is 6.31. The minimum atomic E-state index is 0.0143. The Morgan fingerprint density at radius 3 is 2.76 bits per heavy atom. The molecule has 1 saturated carbocycles. The van der Waals surface area contributed by atoms with E-state index in [-0.39, 0.29) is 11.9 Å². The number of hydrogen-bond donors (Lipinski definition) is 2. The summed E-state index contributed by atoms with van der Waals surface area (Å²) in [7, 11) is 0. The molecule has 1 aliphatic rings. The average molecular weight is 255 g/mol. The Morgan fingerprint density at radius 1 is 1.41 bits per heavy atom. The molecular formula is C12H15ClN2O2. The Kier molecular flexibility index (Phi) is 3.74. The first-order valence-corrected chi connectivity index (χ1v) is 6.02. The quantitative estimate of drug-likeness (QED) is 0.377. The van der Waals surface area contributed by atoms with Gasteiger partial charge < -0.3 is 15.7 Å². The van der Waals surface area contributed by atoms with E-state index in [0.717, 1.165) is 12.8 Å². The number of rotatable bonds is 3. The second-order valence-corrected chi connectivity index (χ2v) is 4.59. The van der Waals surface area contributed by atoms with E-state index in [4.69, 9.17) is 27.3 Å². The Labute approximate surface area is 105 Å². The molecule has 0 amide bonds. The van der Waals surface area contributed by atoms with Crippen molar-refractivity contribution in [3.63, 3.8) is 0 Å². The third kappa shape index (κ3) is 2.82. The predicted octanol–water partition coefficient (Wildman–Crippen LogP) is 2.76. The van der Waals surface area contributed by atoms with Crippen LogP contribution in [-0.2, 0) is 0 Å². The molecule has 0 spiro atoms. The lowest BCUT2D eigenvalue weighted by Crippen LogP contribution is -2.18. The van der Waals surface area contributed by atoms with Crippen LogP contribution in [0, 0.1) is 0 Å². The van der Waals surface area contributed by atoms with Crippen molar-refractivity contribution < 1.29 is 9.94 Å². The molecule has 0 saturated heterocycles. The lowest BCUT2D eigenvalue weighted by atomic mass is 10.2. The molecule has 1 fully saturated rings. The van der Waals surface area contributed by atoms with Crippen molar-refractivity contribution in [1.29, 1.82) is 0 Å². The smallest absolute Gasteiger partial charge is 0.173 e. The summed E-state index contributed by atoms with van der Waals surface area (Å²) in [6.07, 6.45) is 4.71. The van der Waals surface area contributed by atoms with Crippen molar-refractivity contribution in [2.24, 2.45) is 10.9 Å². The highest BCUT2D eigenvalue weighted by Crippen LogP contribution is 2.28. The third-order valence-corrected chi connectivity index (χ3v) is 3.16. The topological polar surface area (TPSA) is 67.8 Å². The molecule has 0 aromatic heterocycles. The van der Waals surface area contributed by atoms with Crippen molar-refractivity contribution in [2.45, 2.75) is 31.8 Å². The van der Waals surface area contributed by atoms with Gasteiger partial charge >= 0.3 is 0 Å². The largest absolute Gasteiger partial charge is 0.490 e. The molecule has 92 valence electrons. The van der Waals surface area contributed by atoms with Gasteiger partial charge in [0.15, 0.2) is 5.84 Å². The minimum Gasteiger partial charge on any atom is -0.490 e. The Hall–Kier alpha value is -1.42. The molecule has 0 atom stereocenters. The van der Waals surface area contributed by atoms with Crippen LogP contribution in [-0.4, -0.2) is 17.1 Å². The predicted molar refractivity (Wildman–Crippen MR) is 66.8 cm³/mol. The molecular weight excluding hydrogens is 240 g/mol. The van der Waals surface area contributed by atoms with E-state index < -0.39 is 0 Å². The van der Waals surface area contributed by atoms with Gasteiger partial charge in [-0.05, 0) is 43.9 Å². The molecule has 3 N–H and O–H groups in total. The molecule has 0 unspecified atom stereocenters. The van der Waals surface area contributed by atoms with Crippen LogP contribution in [0.15, 0.2) is 23.4 Å². The number of ether oxygens (including phenoxy) is 1. The molecule has 1 aromatic carbocycles. The zero-order chi connectivity index (χ0) is 12.3. The standard InChI is InChI=1S/C12H15ClN2O2/c13-8-5-6-11(10(7-8)12(14)15-16)17-9-3-1-2-4-9/h5-7,9,16H,1-4H2,(H2,14,15). The molecule has 0 aliphatic heterocycles. The van der Waals surface area contributed by atoms with Gasteiger partial charge in [-0.3, -0.25) is 0 Å². The molecule has 2 rings (SSSR count). The van der Waals surface area contributed by atoms with Gasteiger partial charge in [0.25, 0.3) is 0 Å². The third-order valence-electron chi connectivity index (χ3n) is 2.92. The van der Waals surface area contributed by atoms with Crippen LogP contribution in [0.2, 0.25) is 5.02 Å². The molecule has 0 radical (unpaired) electrons. The van der Waals surface area contributed by atoms with Crippen LogP contribution < -0.4 is 10.5 Å². The lowest BCUT2D eigenvalue weighted by Gasteiger charge is -2.16. The number of benzene rings is 1. The van der Waals surface area contributed by atoms with Crippen LogP contribution in [0.25, 0.3) is 0 Å². The molecule has 1 aromatic rings. The van der Waals surface area contributed by atoms with E-state index in [9.17, 15) is 0 Å². The number of oxime groups is 1.